The van der Waals surface area contributed by atoms with Crippen LogP contribution in [0.5, 0.6) is 0 Å². The molecule has 0 saturated heterocycles. The van der Waals surface area contributed by atoms with E-state index >= 15 is 0 Å². The third-order valence-electron chi connectivity index (χ3n) is 1.79. The van der Waals surface area contributed by atoms with Gasteiger partial charge in [0.25, 0.3) is 0 Å². The summed E-state index contributed by atoms with van der Waals surface area (Å²) < 4.78 is 0. The largest absolute Gasteiger partial charge is 0.335 e. The van der Waals surface area contributed by atoms with Crippen LogP contribution in [-0.4, -0.2) is 17.5 Å². The van der Waals surface area contributed by atoms with Gasteiger partial charge in [0.05, 0.1) is 0 Å². The van der Waals surface area contributed by atoms with Gasteiger partial charge in [0.1, 0.15) is 0 Å². The average Bonchev–Trinajstić information content (AvgIpc) is 2.28. The summed E-state index contributed by atoms with van der Waals surface area (Å²) in [5, 5.41) is 4.35. The lowest BCUT2D eigenvalue weighted by molar-refractivity contribution is 0.935. The van der Waals surface area contributed by atoms with E-state index in [4.69, 9.17) is 0 Å². The van der Waals surface area contributed by atoms with Crippen molar-refractivity contribution in [2.24, 2.45) is 4.99 Å². The maximum Gasteiger partial charge on any atom is 0.161 e. The van der Waals surface area contributed by atoms with E-state index in [1.54, 1.807) is 11.8 Å². The molecular formula is C12H18N2S. The Balaban J connectivity index is 2.58. The van der Waals surface area contributed by atoms with Gasteiger partial charge in [-0.25, -0.2) is 0 Å². The Hall–Kier alpha value is -0.960. The molecule has 0 atom stereocenters. The van der Waals surface area contributed by atoms with Crippen LogP contribution < -0.4 is 5.32 Å². The summed E-state index contributed by atoms with van der Waals surface area (Å²) in [7, 11) is 0. The van der Waals surface area contributed by atoms with E-state index in [0.717, 1.165) is 29.6 Å². The van der Waals surface area contributed by atoms with E-state index in [2.05, 4.69) is 36.3 Å². The van der Waals surface area contributed by atoms with Crippen LogP contribution in [-0.2, 0) is 0 Å². The second-order valence-corrected chi connectivity index (χ2v) is 4.36. The zero-order valence-electron chi connectivity index (χ0n) is 9.36. The van der Waals surface area contributed by atoms with E-state index in [1.807, 2.05) is 18.2 Å². The topological polar surface area (TPSA) is 24.4 Å². The van der Waals surface area contributed by atoms with Crippen molar-refractivity contribution in [2.45, 2.75) is 20.3 Å². The third kappa shape index (κ3) is 4.88. The maximum absolute atomic E-state index is 4.50. The normalized spacial score (nSPS) is 11.5. The molecule has 1 aromatic carbocycles. The Morgan fingerprint density at radius 1 is 1.27 bits per heavy atom. The molecule has 2 nitrogen and oxygen atoms in total. The number of hydrogen-bond donors (Lipinski definition) is 1. The zero-order valence-corrected chi connectivity index (χ0v) is 10.2. The monoisotopic (exact) mass is 222 g/mol. The number of benzene rings is 1. The Morgan fingerprint density at radius 2 is 2.00 bits per heavy atom. The molecule has 0 aromatic heterocycles. The van der Waals surface area contributed by atoms with Crippen LogP contribution in [0.25, 0.3) is 0 Å². The number of nitrogens with zero attached hydrogens (tertiary/aromatic N) is 1. The zero-order chi connectivity index (χ0) is 10.9. The maximum atomic E-state index is 4.50. The third-order valence-corrected chi connectivity index (χ3v) is 2.58. The van der Waals surface area contributed by atoms with Gasteiger partial charge in [0, 0.05) is 12.2 Å². The van der Waals surface area contributed by atoms with Crippen molar-refractivity contribution in [1.29, 1.82) is 0 Å². The fourth-order valence-electron chi connectivity index (χ4n) is 1.12. The number of nitrogens with one attached hydrogen (secondary N) is 1. The number of anilines is 1. The predicted molar refractivity (Wildman–Crippen MR) is 70.8 cm³/mol. The van der Waals surface area contributed by atoms with Gasteiger partial charge in [-0.3, -0.25) is 4.99 Å². The van der Waals surface area contributed by atoms with Crippen molar-refractivity contribution in [3.63, 3.8) is 0 Å². The smallest absolute Gasteiger partial charge is 0.161 e. The van der Waals surface area contributed by atoms with Gasteiger partial charge in [-0.1, -0.05) is 43.8 Å². The van der Waals surface area contributed by atoms with Crippen molar-refractivity contribution in [2.75, 3.05) is 17.6 Å². The van der Waals surface area contributed by atoms with E-state index in [1.165, 1.54) is 0 Å². The summed E-state index contributed by atoms with van der Waals surface area (Å²) in [6.07, 6.45) is 1.09. The van der Waals surface area contributed by atoms with E-state index in [0.29, 0.717) is 0 Å². The molecule has 0 aliphatic heterocycles. The minimum absolute atomic E-state index is 0.891. The second-order valence-electron chi connectivity index (χ2n) is 3.11. The van der Waals surface area contributed by atoms with Gasteiger partial charge >= 0.3 is 0 Å². The molecule has 82 valence electrons. The Morgan fingerprint density at radius 3 is 2.60 bits per heavy atom. The van der Waals surface area contributed by atoms with Crippen LogP contribution in [0, 0.1) is 0 Å². The molecule has 3 heteroatoms. The second kappa shape index (κ2) is 7.35. The highest BCUT2D eigenvalue weighted by Gasteiger charge is 1.98. The van der Waals surface area contributed by atoms with Crippen molar-refractivity contribution < 1.29 is 0 Å². The number of rotatable bonds is 4. The van der Waals surface area contributed by atoms with Crippen LogP contribution in [0.2, 0.25) is 0 Å². The van der Waals surface area contributed by atoms with Crippen LogP contribution in [0.15, 0.2) is 35.3 Å². The number of amidine groups is 1. The number of para-hydroxylation sites is 1. The summed E-state index contributed by atoms with van der Waals surface area (Å²) in [5.41, 5.74) is 1.10. The Kier molecular flexibility index (Phi) is 5.93. The molecule has 0 bridgehead atoms. The van der Waals surface area contributed by atoms with Gasteiger partial charge in [0.2, 0.25) is 0 Å². The molecule has 0 aliphatic rings. The summed E-state index contributed by atoms with van der Waals surface area (Å²) in [6, 6.07) is 10.2. The first-order valence-electron chi connectivity index (χ1n) is 5.36. The summed E-state index contributed by atoms with van der Waals surface area (Å²) in [6.45, 7) is 5.17. The van der Waals surface area contributed by atoms with Crippen molar-refractivity contribution in [3.8, 4) is 0 Å². The molecule has 0 radical (unpaired) electrons. The quantitative estimate of drug-likeness (QED) is 0.621. The molecule has 0 saturated carbocycles. The van der Waals surface area contributed by atoms with Crippen molar-refractivity contribution >= 4 is 22.6 Å². The number of aliphatic imine (C=N–C) groups is 1. The van der Waals surface area contributed by atoms with Crippen LogP contribution in [0.3, 0.4) is 0 Å². The lowest BCUT2D eigenvalue weighted by Crippen LogP contribution is -2.08. The molecule has 1 N–H and O–H groups in total. The van der Waals surface area contributed by atoms with E-state index in [-0.39, 0.29) is 0 Å². The fraction of sp³-hybridized carbons (Fsp3) is 0.417. The van der Waals surface area contributed by atoms with Crippen LogP contribution >= 0.6 is 11.8 Å². The van der Waals surface area contributed by atoms with Gasteiger partial charge in [-0.15, -0.1) is 0 Å². The van der Waals surface area contributed by atoms with Crippen LogP contribution in [0.1, 0.15) is 20.3 Å². The first kappa shape index (κ1) is 12.1. The van der Waals surface area contributed by atoms with Gasteiger partial charge in [0.15, 0.2) is 5.17 Å². The summed E-state index contributed by atoms with van der Waals surface area (Å²) in [4.78, 5) is 4.50. The summed E-state index contributed by atoms with van der Waals surface area (Å²) >= 11 is 1.75. The molecule has 0 unspecified atom stereocenters. The minimum atomic E-state index is 0.891. The molecule has 15 heavy (non-hydrogen) atoms. The first-order valence-corrected chi connectivity index (χ1v) is 6.34. The molecule has 0 heterocycles. The molecule has 0 fully saturated rings. The van der Waals surface area contributed by atoms with Gasteiger partial charge in [-0.05, 0) is 24.3 Å². The molecular weight excluding hydrogens is 204 g/mol. The van der Waals surface area contributed by atoms with Crippen molar-refractivity contribution in [3.05, 3.63) is 30.3 Å². The number of hydrogen-bond acceptors (Lipinski definition) is 2. The van der Waals surface area contributed by atoms with Crippen LogP contribution in [0.4, 0.5) is 5.69 Å². The Bertz CT molecular complexity index is 296. The fourth-order valence-corrected chi connectivity index (χ4v) is 1.76. The molecule has 0 amide bonds. The predicted octanol–water partition coefficient (Wildman–Crippen LogP) is 3.62. The lowest BCUT2D eigenvalue weighted by Gasteiger charge is -2.08. The first-order chi connectivity index (χ1) is 7.36. The lowest BCUT2D eigenvalue weighted by atomic mass is 10.3. The SMILES string of the molecule is CCCN=C(Nc1ccccc1)SCC. The standard InChI is InChI=1S/C12H18N2S/c1-3-10-13-12(15-4-2)14-11-8-6-5-7-9-11/h5-9H,3-4,10H2,1-2H3,(H,13,14). The van der Waals surface area contributed by atoms with Gasteiger partial charge < -0.3 is 5.32 Å². The molecule has 1 aromatic rings. The average molecular weight is 222 g/mol. The molecule has 1 rings (SSSR count). The minimum Gasteiger partial charge on any atom is -0.335 e. The Labute approximate surface area is 96.2 Å². The summed E-state index contributed by atoms with van der Waals surface area (Å²) in [5.74, 6) is 1.04. The highest BCUT2D eigenvalue weighted by molar-refractivity contribution is 8.14. The van der Waals surface area contributed by atoms with Crippen molar-refractivity contribution in [1.82, 2.24) is 0 Å². The highest BCUT2D eigenvalue weighted by atomic mass is 32.2. The molecule has 0 aliphatic carbocycles. The van der Waals surface area contributed by atoms with E-state index in [9.17, 15) is 0 Å². The van der Waals surface area contributed by atoms with Gasteiger partial charge in [-0.2, -0.15) is 0 Å². The van der Waals surface area contributed by atoms with E-state index < -0.39 is 0 Å². The number of thioether (sulfide) groups is 1. The highest BCUT2D eigenvalue weighted by Crippen LogP contribution is 2.11. The molecule has 0 spiro atoms.